The lowest BCUT2D eigenvalue weighted by atomic mass is 10.2. The maximum Gasteiger partial charge on any atom is 0.230 e. The first kappa shape index (κ1) is 16.9. The maximum atomic E-state index is 5.68. The van der Waals surface area contributed by atoms with Crippen molar-refractivity contribution in [3.05, 3.63) is 48.3 Å². The third-order valence-electron chi connectivity index (χ3n) is 4.73. The molecule has 1 aliphatic heterocycles. The highest BCUT2D eigenvalue weighted by Gasteiger charge is 2.36. The number of rotatable bonds is 6. The zero-order valence-electron chi connectivity index (χ0n) is 14.9. The second kappa shape index (κ2) is 7.35. The van der Waals surface area contributed by atoms with Crippen LogP contribution in [0.15, 0.2) is 35.1 Å². The van der Waals surface area contributed by atoms with Crippen LogP contribution in [0.2, 0.25) is 0 Å². The zero-order chi connectivity index (χ0) is 17.9. The fraction of sp³-hybridized carbons (Fsp3) is 0.444. The number of likely N-dealkylation sites (tertiary alicyclic amines) is 1. The van der Waals surface area contributed by atoms with E-state index in [1.807, 2.05) is 31.5 Å². The fourth-order valence-corrected chi connectivity index (χ4v) is 3.34. The van der Waals surface area contributed by atoms with Crippen LogP contribution in [0.3, 0.4) is 0 Å². The number of hydrogen-bond donors (Lipinski definition) is 1. The molecule has 4 rings (SSSR count). The molecule has 4 heterocycles. The van der Waals surface area contributed by atoms with Gasteiger partial charge in [-0.15, -0.1) is 10.2 Å². The predicted octanol–water partition coefficient (Wildman–Crippen LogP) is 2.38. The van der Waals surface area contributed by atoms with Crippen LogP contribution in [0.1, 0.15) is 37.0 Å². The van der Waals surface area contributed by atoms with E-state index in [1.54, 1.807) is 13.3 Å². The summed E-state index contributed by atoms with van der Waals surface area (Å²) in [5.41, 5.74) is 1.98. The van der Waals surface area contributed by atoms with Gasteiger partial charge in [0.15, 0.2) is 0 Å². The molecule has 0 bridgehead atoms. The summed E-state index contributed by atoms with van der Waals surface area (Å²) in [5, 5.41) is 8.20. The molecule has 0 radical (unpaired) electrons. The first-order valence-electron chi connectivity index (χ1n) is 8.80. The molecule has 0 aliphatic carbocycles. The Morgan fingerprint density at radius 1 is 1.31 bits per heavy atom. The van der Waals surface area contributed by atoms with Gasteiger partial charge in [-0.2, -0.15) is 0 Å². The number of H-pyrrole nitrogens is 1. The van der Waals surface area contributed by atoms with Crippen LogP contribution >= 0.6 is 0 Å². The predicted molar refractivity (Wildman–Crippen MR) is 94.1 cm³/mol. The van der Waals surface area contributed by atoms with Crippen molar-refractivity contribution in [3.63, 3.8) is 0 Å². The molecular formula is C18H22N6O2. The number of aryl methyl sites for hydroxylation is 1. The lowest BCUT2D eigenvalue weighted by molar-refractivity contribution is 0.106. The summed E-state index contributed by atoms with van der Waals surface area (Å²) in [6, 6.07) is 4.04. The Hall–Kier alpha value is -2.58. The highest BCUT2D eigenvalue weighted by atomic mass is 16.5. The molecule has 0 unspecified atom stereocenters. The molecule has 8 nitrogen and oxygen atoms in total. The second-order valence-electron chi connectivity index (χ2n) is 6.41. The van der Waals surface area contributed by atoms with Crippen LogP contribution in [0.5, 0.6) is 0 Å². The Bertz CT molecular complexity index is 846. The summed E-state index contributed by atoms with van der Waals surface area (Å²) in [5.74, 6) is 2.21. The van der Waals surface area contributed by atoms with Gasteiger partial charge in [-0.1, -0.05) is 6.92 Å². The zero-order valence-corrected chi connectivity index (χ0v) is 14.9. The summed E-state index contributed by atoms with van der Waals surface area (Å²) in [7, 11) is 1.75. The molecule has 1 N–H and O–H groups in total. The number of ether oxygens (including phenoxy) is 1. The molecule has 0 aromatic carbocycles. The number of nitrogens with one attached hydrogen (secondary N) is 1. The Morgan fingerprint density at radius 2 is 2.19 bits per heavy atom. The minimum atomic E-state index is 0.113. The largest absolute Gasteiger partial charge is 0.424 e. The van der Waals surface area contributed by atoms with Gasteiger partial charge in [0.05, 0.1) is 30.6 Å². The minimum Gasteiger partial charge on any atom is -0.424 e. The van der Waals surface area contributed by atoms with E-state index in [9.17, 15) is 0 Å². The third kappa shape index (κ3) is 3.38. The molecule has 136 valence electrons. The highest BCUT2D eigenvalue weighted by molar-refractivity contribution is 5.56. The van der Waals surface area contributed by atoms with E-state index in [-0.39, 0.29) is 12.1 Å². The van der Waals surface area contributed by atoms with Crippen molar-refractivity contribution in [2.45, 2.75) is 38.5 Å². The fourth-order valence-electron chi connectivity index (χ4n) is 3.34. The molecule has 3 aromatic rings. The first-order chi connectivity index (χ1) is 12.8. The molecule has 3 aromatic heterocycles. The summed E-state index contributed by atoms with van der Waals surface area (Å²) in [4.78, 5) is 14.5. The monoisotopic (exact) mass is 354 g/mol. The molecule has 1 saturated heterocycles. The number of hydrogen-bond acceptors (Lipinski definition) is 7. The van der Waals surface area contributed by atoms with Crippen LogP contribution < -0.4 is 0 Å². The van der Waals surface area contributed by atoms with Crippen LogP contribution in [-0.2, 0) is 17.7 Å². The van der Waals surface area contributed by atoms with Gasteiger partial charge in [0.1, 0.15) is 5.82 Å². The summed E-state index contributed by atoms with van der Waals surface area (Å²) in [6.45, 7) is 3.38. The van der Waals surface area contributed by atoms with Crippen LogP contribution in [0, 0.1) is 0 Å². The molecule has 2 atom stereocenters. The number of aromatic nitrogens is 5. The normalized spacial score (nSPS) is 20.7. The van der Waals surface area contributed by atoms with Gasteiger partial charge in [0.2, 0.25) is 11.8 Å². The summed E-state index contributed by atoms with van der Waals surface area (Å²) in [6.07, 6.45) is 7.20. The lowest BCUT2D eigenvalue weighted by Gasteiger charge is -2.20. The number of imidazole rings is 1. The van der Waals surface area contributed by atoms with Crippen molar-refractivity contribution in [2.24, 2.45) is 0 Å². The molecule has 0 amide bonds. The number of nitrogens with zero attached hydrogens (tertiary/aromatic N) is 5. The average Bonchev–Trinajstić information content (AvgIpc) is 3.42. The smallest absolute Gasteiger partial charge is 0.230 e. The number of aromatic amines is 1. The molecule has 8 heteroatoms. The van der Waals surface area contributed by atoms with Crippen LogP contribution in [-0.4, -0.2) is 49.8 Å². The van der Waals surface area contributed by atoms with Crippen molar-refractivity contribution < 1.29 is 9.15 Å². The number of methoxy groups -OCH3 is 1. The maximum absolute atomic E-state index is 5.68. The van der Waals surface area contributed by atoms with Crippen molar-refractivity contribution in [3.8, 4) is 11.3 Å². The Balaban J connectivity index is 1.55. The van der Waals surface area contributed by atoms with Crippen molar-refractivity contribution in [1.82, 2.24) is 30.0 Å². The van der Waals surface area contributed by atoms with Gasteiger partial charge >= 0.3 is 0 Å². The second-order valence-corrected chi connectivity index (χ2v) is 6.41. The van der Waals surface area contributed by atoms with E-state index in [1.165, 1.54) is 0 Å². The van der Waals surface area contributed by atoms with Gasteiger partial charge in [-0.05, 0) is 18.6 Å². The Labute approximate surface area is 151 Å². The Kier molecular flexibility index (Phi) is 4.77. The van der Waals surface area contributed by atoms with E-state index in [0.717, 1.165) is 36.5 Å². The van der Waals surface area contributed by atoms with E-state index < -0.39 is 0 Å². The minimum absolute atomic E-state index is 0.113. The van der Waals surface area contributed by atoms with Crippen LogP contribution in [0.4, 0.5) is 0 Å². The number of pyridine rings is 1. The third-order valence-corrected chi connectivity index (χ3v) is 4.73. The molecule has 0 saturated carbocycles. The van der Waals surface area contributed by atoms with Crippen molar-refractivity contribution >= 4 is 0 Å². The van der Waals surface area contributed by atoms with Gasteiger partial charge in [-0.25, -0.2) is 4.98 Å². The highest BCUT2D eigenvalue weighted by Crippen LogP contribution is 2.33. The van der Waals surface area contributed by atoms with E-state index in [0.29, 0.717) is 18.3 Å². The molecule has 1 aliphatic rings. The Morgan fingerprint density at radius 3 is 2.92 bits per heavy atom. The van der Waals surface area contributed by atoms with E-state index >= 15 is 0 Å². The van der Waals surface area contributed by atoms with E-state index in [2.05, 4.69) is 30.0 Å². The summed E-state index contributed by atoms with van der Waals surface area (Å²) >= 11 is 0. The molecule has 0 spiro atoms. The van der Waals surface area contributed by atoms with Gasteiger partial charge in [0, 0.05) is 38.0 Å². The average molecular weight is 354 g/mol. The quantitative estimate of drug-likeness (QED) is 0.726. The summed E-state index contributed by atoms with van der Waals surface area (Å²) < 4.78 is 11.3. The standard InChI is InChI=1S/C18H22N6O2/c1-3-16-22-23-17(26-16)11-24-10-13(25-2)7-15(24)18-20-9-14(21-18)12-5-4-6-19-8-12/h4-6,8-9,13,15H,3,7,10-11H2,1-2H3,(H,20,21)/t13-,15+/m1/s1. The van der Waals surface area contributed by atoms with Crippen LogP contribution in [0.25, 0.3) is 11.3 Å². The van der Waals surface area contributed by atoms with Crippen molar-refractivity contribution in [2.75, 3.05) is 13.7 Å². The lowest BCUT2D eigenvalue weighted by Crippen LogP contribution is -2.25. The van der Waals surface area contributed by atoms with E-state index in [4.69, 9.17) is 9.15 Å². The molecule has 26 heavy (non-hydrogen) atoms. The van der Waals surface area contributed by atoms with Gasteiger partial charge < -0.3 is 14.1 Å². The molecular weight excluding hydrogens is 332 g/mol. The van der Waals surface area contributed by atoms with Gasteiger partial charge in [0.25, 0.3) is 0 Å². The molecule has 1 fully saturated rings. The van der Waals surface area contributed by atoms with Gasteiger partial charge in [-0.3, -0.25) is 9.88 Å². The SMILES string of the molecule is CCc1nnc(CN2C[C@H](OC)C[C@H]2c2ncc(-c3cccnc3)[nH]2)o1. The van der Waals surface area contributed by atoms with Crippen molar-refractivity contribution in [1.29, 1.82) is 0 Å². The topological polar surface area (TPSA) is 93.0 Å². The first-order valence-corrected chi connectivity index (χ1v) is 8.80.